The van der Waals surface area contributed by atoms with Crippen molar-refractivity contribution < 1.29 is 17.6 Å². The van der Waals surface area contributed by atoms with E-state index in [2.05, 4.69) is 15.1 Å². The van der Waals surface area contributed by atoms with E-state index in [9.17, 15) is 22.4 Å². The van der Waals surface area contributed by atoms with E-state index in [0.29, 0.717) is 0 Å². The largest absolute Gasteiger partial charge is 0.433 e. The molecule has 5 nitrogen and oxygen atoms in total. The molecule has 0 aliphatic heterocycles. The monoisotopic (exact) mass is 348 g/mol. The van der Waals surface area contributed by atoms with Gasteiger partial charge in [-0.3, -0.25) is 9.78 Å². The van der Waals surface area contributed by atoms with Crippen molar-refractivity contribution in [2.45, 2.75) is 6.18 Å². The van der Waals surface area contributed by atoms with E-state index >= 15 is 0 Å². The number of alkyl halides is 3. The third-order valence-electron chi connectivity index (χ3n) is 3.73. The minimum absolute atomic E-state index is 0.177. The van der Waals surface area contributed by atoms with Crippen LogP contribution in [0.15, 0.2) is 47.4 Å². The quantitative estimate of drug-likeness (QED) is 0.536. The Morgan fingerprint density at radius 3 is 2.64 bits per heavy atom. The molecule has 0 spiro atoms. The maximum atomic E-state index is 13.5. The normalized spacial score (nSPS) is 12.2. The average Bonchev–Trinajstić information content (AvgIpc) is 2.98. The van der Waals surface area contributed by atoms with Gasteiger partial charge in [0.1, 0.15) is 17.2 Å². The first-order valence-corrected chi connectivity index (χ1v) is 7.08. The Bertz CT molecular complexity index is 1180. The fourth-order valence-electron chi connectivity index (χ4n) is 2.60. The molecule has 4 rings (SSSR count). The summed E-state index contributed by atoms with van der Waals surface area (Å²) in [4.78, 5) is 17.9. The number of pyridine rings is 1. The minimum Gasteiger partial charge on any atom is -0.306 e. The first-order chi connectivity index (χ1) is 11.8. The lowest BCUT2D eigenvalue weighted by atomic mass is 10.1. The SMILES string of the molecule is O=c1[nH]c2cc(-c3ccnc(C(F)(F)F)c3)nn2c2cc(F)ccc12. The van der Waals surface area contributed by atoms with E-state index in [1.54, 1.807) is 0 Å². The molecule has 4 aromatic rings. The lowest BCUT2D eigenvalue weighted by molar-refractivity contribution is -0.141. The second-order valence-corrected chi connectivity index (χ2v) is 5.37. The molecule has 0 unspecified atom stereocenters. The van der Waals surface area contributed by atoms with Gasteiger partial charge in [0.05, 0.1) is 16.6 Å². The van der Waals surface area contributed by atoms with Gasteiger partial charge >= 0.3 is 6.18 Å². The molecule has 25 heavy (non-hydrogen) atoms. The summed E-state index contributed by atoms with van der Waals surface area (Å²) in [5, 5.41) is 4.42. The van der Waals surface area contributed by atoms with Crippen LogP contribution in [0.2, 0.25) is 0 Å². The molecule has 126 valence electrons. The van der Waals surface area contributed by atoms with Crippen molar-refractivity contribution in [2.75, 3.05) is 0 Å². The Balaban J connectivity index is 1.97. The fraction of sp³-hybridized carbons (Fsp3) is 0.0625. The molecule has 3 heterocycles. The number of rotatable bonds is 1. The molecule has 0 fully saturated rings. The molecule has 9 heteroatoms. The van der Waals surface area contributed by atoms with Gasteiger partial charge < -0.3 is 4.98 Å². The highest BCUT2D eigenvalue weighted by molar-refractivity contribution is 5.81. The van der Waals surface area contributed by atoms with Crippen molar-refractivity contribution in [1.82, 2.24) is 19.6 Å². The van der Waals surface area contributed by atoms with Gasteiger partial charge in [0.2, 0.25) is 0 Å². The van der Waals surface area contributed by atoms with Crippen LogP contribution in [0, 0.1) is 5.82 Å². The van der Waals surface area contributed by atoms with E-state index in [1.165, 1.54) is 22.7 Å². The Kier molecular flexibility index (Phi) is 3.14. The molecular weight excluding hydrogens is 340 g/mol. The van der Waals surface area contributed by atoms with Crippen LogP contribution >= 0.6 is 0 Å². The van der Waals surface area contributed by atoms with Crippen molar-refractivity contribution >= 4 is 16.6 Å². The number of fused-ring (bicyclic) bond motifs is 3. The van der Waals surface area contributed by atoms with Crippen LogP contribution in [-0.2, 0) is 6.18 Å². The third-order valence-corrected chi connectivity index (χ3v) is 3.73. The van der Waals surface area contributed by atoms with Crippen molar-refractivity contribution in [3.8, 4) is 11.3 Å². The average molecular weight is 348 g/mol. The van der Waals surface area contributed by atoms with Gasteiger partial charge in [-0.2, -0.15) is 18.3 Å². The van der Waals surface area contributed by atoms with E-state index in [4.69, 9.17) is 0 Å². The summed E-state index contributed by atoms with van der Waals surface area (Å²) in [7, 11) is 0. The first-order valence-electron chi connectivity index (χ1n) is 7.08. The molecule has 0 saturated carbocycles. The standard InChI is InChI=1S/C16H8F4N4O/c17-9-1-2-10-12(6-9)24-14(22-15(10)25)7-11(23-24)8-3-4-21-13(5-8)16(18,19)20/h1-7H,(H,22,25). The zero-order chi connectivity index (χ0) is 17.8. The molecular formula is C16H8F4N4O. The lowest BCUT2D eigenvalue weighted by Crippen LogP contribution is -2.10. The molecule has 0 radical (unpaired) electrons. The zero-order valence-electron chi connectivity index (χ0n) is 12.3. The molecule has 1 N–H and O–H groups in total. The highest BCUT2D eigenvalue weighted by atomic mass is 19.4. The van der Waals surface area contributed by atoms with Crippen LogP contribution in [0.1, 0.15) is 5.69 Å². The summed E-state index contributed by atoms with van der Waals surface area (Å²) in [5.41, 5.74) is -0.665. The Morgan fingerprint density at radius 1 is 1.08 bits per heavy atom. The summed E-state index contributed by atoms with van der Waals surface area (Å²) in [6.07, 6.45) is -3.55. The molecule has 0 saturated heterocycles. The van der Waals surface area contributed by atoms with Crippen LogP contribution in [-0.4, -0.2) is 19.6 Å². The first kappa shape index (κ1) is 15.3. The van der Waals surface area contributed by atoms with Gasteiger partial charge in [0, 0.05) is 23.9 Å². The number of nitrogens with zero attached hydrogens (tertiary/aromatic N) is 3. The van der Waals surface area contributed by atoms with Crippen LogP contribution in [0.3, 0.4) is 0 Å². The Hall–Kier alpha value is -3.23. The minimum atomic E-state index is -4.58. The lowest BCUT2D eigenvalue weighted by Gasteiger charge is -2.06. The Labute approximate surface area is 136 Å². The van der Waals surface area contributed by atoms with E-state index in [-0.39, 0.29) is 27.8 Å². The molecule has 0 amide bonds. The third kappa shape index (κ3) is 2.53. The van der Waals surface area contributed by atoms with Gasteiger partial charge in [0.15, 0.2) is 0 Å². The maximum absolute atomic E-state index is 13.5. The van der Waals surface area contributed by atoms with E-state index in [1.807, 2.05) is 0 Å². The number of benzene rings is 1. The summed E-state index contributed by atoms with van der Waals surface area (Å²) in [6.45, 7) is 0. The van der Waals surface area contributed by atoms with Crippen LogP contribution < -0.4 is 5.56 Å². The highest BCUT2D eigenvalue weighted by Crippen LogP contribution is 2.30. The van der Waals surface area contributed by atoms with E-state index < -0.39 is 23.2 Å². The number of aromatic amines is 1. The van der Waals surface area contributed by atoms with Gasteiger partial charge in [-0.05, 0) is 24.3 Å². The van der Waals surface area contributed by atoms with Crippen LogP contribution in [0.5, 0.6) is 0 Å². The predicted octanol–water partition coefficient (Wildman–Crippen LogP) is 3.40. The van der Waals surface area contributed by atoms with Gasteiger partial charge in [-0.25, -0.2) is 8.91 Å². The van der Waals surface area contributed by atoms with Crippen molar-refractivity contribution in [3.05, 3.63) is 64.5 Å². The van der Waals surface area contributed by atoms with Crippen molar-refractivity contribution in [1.29, 1.82) is 0 Å². The predicted molar refractivity (Wildman–Crippen MR) is 81.5 cm³/mol. The summed E-state index contributed by atoms with van der Waals surface area (Å²) in [6, 6.07) is 7.26. The number of hydrogen-bond acceptors (Lipinski definition) is 3. The molecule has 0 aliphatic rings. The van der Waals surface area contributed by atoms with Crippen molar-refractivity contribution in [2.24, 2.45) is 0 Å². The molecule has 1 aromatic carbocycles. The number of nitrogens with one attached hydrogen (secondary N) is 1. The topological polar surface area (TPSA) is 63.0 Å². The molecule has 0 bridgehead atoms. The van der Waals surface area contributed by atoms with Crippen molar-refractivity contribution in [3.63, 3.8) is 0 Å². The smallest absolute Gasteiger partial charge is 0.306 e. The number of aromatic nitrogens is 4. The van der Waals surface area contributed by atoms with Gasteiger partial charge in [0.25, 0.3) is 5.56 Å². The second-order valence-electron chi connectivity index (χ2n) is 5.37. The second kappa shape index (κ2) is 5.13. The zero-order valence-corrected chi connectivity index (χ0v) is 12.3. The van der Waals surface area contributed by atoms with Gasteiger partial charge in [-0.15, -0.1) is 0 Å². The Morgan fingerprint density at radius 2 is 1.88 bits per heavy atom. The van der Waals surface area contributed by atoms with Gasteiger partial charge in [-0.1, -0.05) is 0 Å². The maximum Gasteiger partial charge on any atom is 0.433 e. The molecule has 3 aromatic heterocycles. The number of halogens is 4. The molecule has 0 aliphatic carbocycles. The highest BCUT2D eigenvalue weighted by Gasteiger charge is 2.32. The fourth-order valence-corrected chi connectivity index (χ4v) is 2.60. The van der Waals surface area contributed by atoms with Crippen LogP contribution in [0.4, 0.5) is 17.6 Å². The summed E-state index contributed by atoms with van der Waals surface area (Å²) < 4.78 is 53.3. The number of H-pyrrole nitrogens is 1. The summed E-state index contributed by atoms with van der Waals surface area (Å²) in [5.74, 6) is -0.556. The van der Waals surface area contributed by atoms with E-state index in [0.717, 1.165) is 24.4 Å². The van der Waals surface area contributed by atoms with Crippen LogP contribution in [0.25, 0.3) is 27.8 Å². The number of hydrogen-bond donors (Lipinski definition) is 1. The summed E-state index contributed by atoms with van der Waals surface area (Å²) >= 11 is 0. The molecule has 0 atom stereocenters.